The van der Waals surface area contributed by atoms with Crippen LogP contribution in [0.4, 0.5) is 4.39 Å². The quantitative estimate of drug-likeness (QED) is 0.881. The van der Waals surface area contributed by atoms with E-state index in [0.717, 1.165) is 22.3 Å². The lowest BCUT2D eigenvalue weighted by Gasteiger charge is -2.17. The minimum atomic E-state index is -0.474. The first kappa shape index (κ1) is 12.7. The summed E-state index contributed by atoms with van der Waals surface area (Å²) in [5.41, 5.74) is 10.3. The highest BCUT2D eigenvalue weighted by Gasteiger charge is 2.17. The lowest BCUT2D eigenvalue weighted by molar-refractivity contribution is 0.595. The first-order valence-corrected chi connectivity index (χ1v) is 5.93. The van der Waals surface area contributed by atoms with Gasteiger partial charge in [0.05, 0.1) is 6.04 Å². The standard InChI is InChI=1S/C15H17FN2/c1-9-4-11(3)14(13(16)6-9)15(17)12-5-10(2)7-18-8-12/h4-8,15H,17H2,1-3H3. The van der Waals surface area contributed by atoms with Crippen LogP contribution in [0.15, 0.2) is 30.6 Å². The topological polar surface area (TPSA) is 38.9 Å². The predicted octanol–water partition coefficient (Wildman–Crippen LogP) is 3.19. The van der Waals surface area contributed by atoms with Gasteiger partial charge in [0.1, 0.15) is 5.82 Å². The van der Waals surface area contributed by atoms with Crippen LogP contribution in [0.5, 0.6) is 0 Å². The second-order valence-corrected chi connectivity index (χ2v) is 4.75. The molecule has 0 aliphatic carbocycles. The van der Waals surface area contributed by atoms with Crippen molar-refractivity contribution in [2.24, 2.45) is 5.73 Å². The van der Waals surface area contributed by atoms with E-state index in [9.17, 15) is 4.39 Å². The molecule has 0 radical (unpaired) electrons. The van der Waals surface area contributed by atoms with Gasteiger partial charge in [-0.2, -0.15) is 0 Å². The van der Waals surface area contributed by atoms with Crippen LogP contribution in [-0.2, 0) is 0 Å². The number of hydrogen-bond donors (Lipinski definition) is 1. The van der Waals surface area contributed by atoms with Gasteiger partial charge in [-0.25, -0.2) is 4.39 Å². The molecular weight excluding hydrogens is 227 g/mol. The third-order valence-corrected chi connectivity index (χ3v) is 3.05. The molecule has 0 bridgehead atoms. The number of rotatable bonds is 2. The number of hydrogen-bond acceptors (Lipinski definition) is 2. The van der Waals surface area contributed by atoms with Crippen LogP contribution in [0.1, 0.15) is 33.9 Å². The molecule has 0 saturated carbocycles. The van der Waals surface area contributed by atoms with Gasteiger partial charge in [-0.3, -0.25) is 4.98 Å². The van der Waals surface area contributed by atoms with E-state index in [1.54, 1.807) is 12.4 Å². The van der Waals surface area contributed by atoms with E-state index in [0.29, 0.717) is 5.56 Å². The Bertz CT molecular complexity index is 555. The molecule has 1 aromatic heterocycles. The third-order valence-electron chi connectivity index (χ3n) is 3.05. The summed E-state index contributed by atoms with van der Waals surface area (Å²) in [6.07, 6.45) is 3.45. The molecule has 0 fully saturated rings. The lowest BCUT2D eigenvalue weighted by Crippen LogP contribution is -2.16. The van der Waals surface area contributed by atoms with Crippen LogP contribution in [0.2, 0.25) is 0 Å². The smallest absolute Gasteiger partial charge is 0.128 e. The van der Waals surface area contributed by atoms with Crippen molar-refractivity contribution in [1.29, 1.82) is 0 Å². The maximum absolute atomic E-state index is 14.0. The van der Waals surface area contributed by atoms with E-state index in [-0.39, 0.29) is 5.82 Å². The van der Waals surface area contributed by atoms with Gasteiger partial charge in [-0.15, -0.1) is 0 Å². The third kappa shape index (κ3) is 2.41. The second kappa shape index (κ2) is 4.86. The molecule has 1 aromatic carbocycles. The van der Waals surface area contributed by atoms with Crippen molar-refractivity contribution in [1.82, 2.24) is 4.98 Å². The maximum Gasteiger partial charge on any atom is 0.128 e. The highest BCUT2D eigenvalue weighted by Crippen LogP contribution is 2.26. The van der Waals surface area contributed by atoms with Crippen molar-refractivity contribution in [2.45, 2.75) is 26.8 Å². The van der Waals surface area contributed by atoms with Gasteiger partial charge in [-0.05, 0) is 49.1 Å². The number of nitrogens with two attached hydrogens (primary N) is 1. The molecule has 2 rings (SSSR count). The van der Waals surface area contributed by atoms with Crippen molar-refractivity contribution in [3.05, 3.63) is 64.2 Å². The van der Waals surface area contributed by atoms with Crippen LogP contribution < -0.4 is 5.73 Å². The van der Waals surface area contributed by atoms with Crippen LogP contribution in [-0.4, -0.2) is 4.98 Å². The summed E-state index contributed by atoms with van der Waals surface area (Å²) in [5, 5.41) is 0. The average molecular weight is 244 g/mol. The van der Waals surface area contributed by atoms with E-state index < -0.39 is 6.04 Å². The summed E-state index contributed by atoms with van der Waals surface area (Å²) in [4.78, 5) is 4.11. The van der Waals surface area contributed by atoms with Gasteiger partial charge < -0.3 is 5.73 Å². The number of halogens is 1. The van der Waals surface area contributed by atoms with E-state index >= 15 is 0 Å². The Balaban J connectivity index is 2.49. The molecule has 1 heterocycles. The molecule has 2 aromatic rings. The number of pyridine rings is 1. The first-order chi connectivity index (χ1) is 8.49. The molecule has 1 unspecified atom stereocenters. The normalized spacial score (nSPS) is 12.5. The van der Waals surface area contributed by atoms with Crippen molar-refractivity contribution in [3.63, 3.8) is 0 Å². The Morgan fingerprint density at radius 2 is 1.78 bits per heavy atom. The minimum Gasteiger partial charge on any atom is -0.320 e. The molecule has 1 atom stereocenters. The van der Waals surface area contributed by atoms with Crippen LogP contribution in [0.25, 0.3) is 0 Å². The molecule has 2 N–H and O–H groups in total. The fourth-order valence-electron chi connectivity index (χ4n) is 2.24. The zero-order valence-corrected chi connectivity index (χ0v) is 10.9. The Morgan fingerprint density at radius 3 is 2.39 bits per heavy atom. The number of aryl methyl sites for hydroxylation is 3. The van der Waals surface area contributed by atoms with Crippen molar-refractivity contribution >= 4 is 0 Å². The fraction of sp³-hybridized carbons (Fsp3) is 0.267. The highest BCUT2D eigenvalue weighted by atomic mass is 19.1. The molecule has 0 aliphatic rings. The largest absolute Gasteiger partial charge is 0.320 e. The summed E-state index contributed by atoms with van der Waals surface area (Å²) >= 11 is 0. The summed E-state index contributed by atoms with van der Waals surface area (Å²) in [7, 11) is 0. The van der Waals surface area contributed by atoms with Gasteiger partial charge in [0.15, 0.2) is 0 Å². The summed E-state index contributed by atoms with van der Waals surface area (Å²) in [6, 6.07) is 4.93. The van der Waals surface area contributed by atoms with Gasteiger partial charge in [0.25, 0.3) is 0 Å². The fourth-order valence-corrected chi connectivity index (χ4v) is 2.24. The molecular formula is C15H17FN2. The Labute approximate surface area is 107 Å². The molecule has 94 valence electrons. The van der Waals surface area contributed by atoms with Crippen molar-refractivity contribution in [2.75, 3.05) is 0 Å². The lowest BCUT2D eigenvalue weighted by atomic mass is 9.94. The molecule has 0 aliphatic heterocycles. The molecule has 2 nitrogen and oxygen atoms in total. The van der Waals surface area contributed by atoms with Gasteiger partial charge in [0.2, 0.25) is 0 Å². The number of nitrogens with zero attached hydrogens (tertiary/aromatic N) is 1. The summed E-state index contributed by atoms with van der Waals surface area (Å²) in [6.45, 7) is 5.70. The van der Waals surface area contributed by atoms with Crippen LogP contribution >= 0.6 is 0 Å². The molecule has 0 spiro atoms. The molecule has 3 heteroatoms. The van der Waals surface area contributed by atoms with E-state index in [2.05, 4.69) is 4.98 Å². The summed E-state index contributed by atoms with van der Waals surface area (Å²) in [5.74, 6) is -0.249. The van der Waals surface area contributed by atoms with Crippen molar-refractivity contribution in [3.8, 4) is 0 Å². The second-order valence-electron chi connectivity index (χ2n) is 4.75. The monoisotopic (exact) mass is 244 g/mol. The Hall–Kier alpha value is -1.74. The molecule has 0 saturated heterocycles. The van der Waals surface area contributed by atoms with Crippen LogP contribution in [0, 0.1) is 26.6 Å². The van der Waals surface area contributed by atoms with Gasteiger partial charge in [-0.1, -0.05) is 12.1 Å². The zero-order chi connectivity index (χ0) is 13.3. The predicted molar refractivity (Wildman–Crippen MR) is 70.9 cm³/mol. The van der Waals surface area contributed by atoms with E-state index in [1.807, 2.05) is 32.9 Å². The molecule has 0 amide bonds. The highest BCUT2D eigenvalue weighted by molar-refractivity contribution is 5.39. The van der Waals surface area contributed by atoms with Crippen LogP contribution in [0.3, 0.4) is 0 Å². The Kier molecular flexibility index (Phi) is 3.43. The van der Waals surface area contributed by atoms with Crippen molar-refractivity contribution < 1.29 is 4.39 Å². The first-order valence-electron chi connectivity index (χ1n) is 5.93. The average Bonchev–Trinajstić information content (AvgIpc) is 2.27. The minimum absolute atomic E-state index is 0.249. The zero-order valence-electron chi connectivity index (χ0n) is 10.9. The Morgan fingerprint density at radius 1 is 1.06 bits per heavy atom. The number of benzene rings is 1. The van der Waals surface area contributed by atoms with E-state index in [1.165, 1.54) is 6.07 Å². The molecule has 18 heavy (non-hydrogen) atoms. The summed E-state index contributed by atoms with van der Waals surface area (Å²) < 4.78 is 14.0. The number of aromatic nitrogens is 1. The SMILES string of the molecule is Cc1cncc(C(N)c2c(C)cc(C)cc2F)c1. The maximum atomic E-state index is 14.0. The van der Waals surface area contributed by atoms with Gasteiger partial charge >= 0.3 is 0 Å². The van der Waals surface area contributed by atoms with Gasteiger partial charge in [0, 0.05) is 18.0 Å². The van der Waals surface area contributed by atoms with E-state index in [4.69, 9.17) is 5.73 Å².